The molecule has 3 aromatic carbocycles. The standard InChI is InChI=1S/C23H27FN6O4S2.C21H25FN6O4S2.C8H7FO2.C8H12N6S2.C8H14O4.C5H10O4/c1-23(2)33-12-15(13-34-23)20(32)26-22-30-28-19(36-22)9-4-3-8-18-27-29-21(35-18)25-17(31)11-14-6-5-7-16(24)10-14;1-21(11-29,12-30)18(32)24-20-28-26-17(34-20)8-3-2-7-16-25-27-19(33-16)23-15(31)10-13-5-4-6-14(22)9-13;9-7-3-1-2-6(4-7)5-8(10)11;9-7-13-11-5(15-7)3-1-2-4-6-12-14-8(10)16-6;1-7(2)4-12-8(3,5-11-7)6(9)10;1-5(2-6,3-7)4(8)9/h5-7,10,15H,3-4,8-9,11-13H2,1-2H3,(H,25,29,31)(H,26,30,32);4-6,9,29-30H,2-3,7-8,10-12H2,1H3,(H,23,27,31)(H,24,28,32);1-4H,5H2,(H,10,11);1-4H2,(H2,9,13)(H2,10,14);4-5H2,1-3H3,(H,9,10);6-7H,2-3H2,1H3,(H,8,9). The molecule has 642 valence electrons. The van der Waals surface area contributed by atoms with E-state index in [4.69, 9.17) is 55.9 Å². The number of aromatic nitrogens is 12. The molecule has 0 spiro atoms. The molecule has 118 heavy (non-hydrogen) atoms. The van der Waals surface area contributed by atoms with Crippen molar-refractivity contribution in [1.29, 1.82) is 0 Å². The Morgan fingerprint density at radius 1 is 0.449 bits per heavy atom. The predicted molar refractivity (Wildman–Crippen MR) is 434 cm³/mol. The summed E-state index contributed by atoms with van der Waals surface area (Å²) in [6.07, 6.45) is 10.1. The van der Waals surface area contributed by atoms with Crippen LogP contribution in [0.25, 0.3) is 0 Å². The topological polar surface area (TPSA) is 553 Å². The van der Waals surface area contributed by atoms with Crippen LogP contribution < -0.4 is 32.7 Å². The monoisotopic (exact) mass is 1760 g/mol. The maximum Gasteiger partial charge on any atom is 0.338 e. The van der Waals surface area contributed by atoms with E-state index in [1.54, 1.807) is 30.3 Å². The first-order valence-corrected chi connectivity index (χ1v) is 41.4. The second-order valence-electron chi connectivity index (χ2n) is 28.2. The van der Waals surface area contributed by atoms with Gasteiger partial charge in [-0.2, -0.15) is 0 Å². The Labute approximate surface area is 699 Å². The van der Waals surface area contributed by atoms with Gasteiger partial charge in [0, 0.05) is 38.5 Å². The fraction of sp³-hybridized carbons (Fsp3) is 0.493. The Kier molecular flexibility index (Phi) is 39.4. The second kappa shape index (κ2) is 47.8. The molecule has 11 rings (SSSR count). The molecule has 4 amide bonds. The summed E-state index contributed by atoms with van der Waals surface area (Å²) < 4.78 is 60.5. The number of amides is 4. The predicted octanol–water partition coefficient (Wildman–Crippen LogP) is 8.11. The van der Waals surface area contributed by atoms with Crippen LogP contribution >= 0.6 is 68.0 Å². The number of rotatable bonds is 33. The van der Waals surface area contributed by atoms with Gasteiger partial charge in [-0.1, -0.05) is 104 Å². The summed E-state index contributed by atoms with van der Waals surface area (Å²) in [5.41, 5.74) is 8.43. The molecule has 1 unspecified atom stereocenters. The van der Waals surface area contributed by atoms with Gasteiger partial charge in [0.05, 0.1) is 89.1 Å². The highest BCUT2D eigenvalue weighted by Crippen LogP contribution is 2.29. The van der Waals surface area contributed by atoms with E-state index in [1.165, 1.54) is 131 Å². The Morgan fingerprint density at radius 3 is 1.08 bits per heavy atom. The van der Waals surface area contributed by atoms with E-state index in [0.717, 1.165) is 94.3 Å². The maximum atomic E-state index is 13.3. The fourth-order valence-electron chi connectivity index (χ4n) is 9.38. The number of carbonyl (C=O) groups is 7. The van der Waals surface area contributed by atoms with Gasteiger partial charge in [0.15, 0.2) is 11.4 Å². The molecular weight excluding hydrogens is 1670 g/mol. The van der Waals surface area contributed by atoms with Gasteiger partial charge >= 0.3 is 17.9 Å². The van der Waals surface area contributed by atoms with E-state index >= 15 is 0 Å². The van der Waals surface area contributed by atoms with E-state index in [-0.39, 0.29) is 66.7 Å². The van der Waals surface area contributed by atoms with Gasteiger partial charge < -0.3 is 82.1 Å². The number of hydrogen-bond donors (Lipinski definition) is 13. The minimum Gasteiger partial charge on any atom is -0.481 e. The van der Waals surface area contributed by atoms with Gasteiger partial charge in [-0.05, 0) is 140 Å². The van der Waals surface area contributed by atoms with Crippen molar-refractivity contribution in [1.82, 2.24) is 61.2 Å². The minimum absolute atomic E-state index is 0.0518. The van der Waals surface area contributed by atoms with Gasteiger partial charge in [0.2, 0.25) is 54.4 Å². The molecule has 2 aliphatic heterocycles. The normalized spacial score (nSPS) is 14.8. The molecule has 8 heterocycles. The molecular formula is C73H95F3N18O18S6. The number of hydrogen-bond acceptors (Lipinski definition) is 35. The van der Waals surface area contributed by atoms with Crippen LogP contribution in [0.1, 0.15) is 134 Å². The van der Waals surface area contributed by atoms with Crippen LogP contribution in [0, 0.1) is 34.2 Å². The summed E-state index contributed by atoms with van der Waals surface area (Å²) in [4.78, 5) is 79.8. The highest BCUT2D eigenvalue weighted by atomic mass is 32.1. The number of carboxylic acid groups (broad SMARTS) is 3. The van der Waals surface area contributed by atoms with Crippen LogP contribution in [-0.4, -0.2) is 208 Å². The molecule has 0 saturated carbocycles. The number of nitrogens with two attached hydrogens (primary N) is 2. The highest BCUT2D eigenvalue weighted by Gasteiger charge is 2.43. The summed E-state index contributed by atoms with van der Waals surface area (Å²) in [6, 6.07) is 17.4. The zero-order chi connectivity index (χ0) is 86.6. The van der Waals surface area contributed by atoms with E-state index < -0.39 is 78.3 Å². The van der Waals surface area contributed by atoms with Gasteiger partial charge in [0.1, 0.15) is 52.9 Å². The lowest BCUT2D eigenvalue weighted by Crippen LogP contribution is -2.53. The van der Waals surface area contributed by atoms with Crippen molar-refractivity contribution in [3.63, 3.8) is 0 Å². The highest BCUT2D eigenvalue weighted by molar-refractivity contribution is 7.16. The molecule has 36 nitrogen and oxygen atoms in total. The van der Waals surface area contributed by atoms with Crippen LogP contribution in [0.5, 0.6) is 0 Å². The van der Waals surface area contributed by atoms with Gasteiger partial charge in [-0.15, -0.1) is 61.2 Å². The van der Waals surface area contributed by atoms with E-state index in [1.807, 2.05) is 27.7 Å². The number of halogens is 3. The van der Waals surface area contributed by atoms with E-state index in [2.05, 4.69) is 82.5 Å². The number of unbranched alkanes of at least 4 members (excludes halogenated alkanes) is 3. The smallest absolute Gasteiger partial charge is 0.338 e. The summed E-state index contributed by atoms with van der Waals surface area (Å²) in [5.74, 6) is -6.58. The third-order valence-electron chi connectivity index (χ3n) is 16.6. The van der Waals surface area contributed by atoms with Crippen LogP contribution in [0.3, 0.4) is 0 Å². The molecule has 2 aliphatic rings. The lowest BCUT2D eigenvalue weighted by Gasteiger charge is -2.38. The van der Waals surface area contributed by atoms with Crippen molar-refractivity contribution >= 4 is 140 Å². The number of nitrogens with zero attached hydrogens (tertiary/aromatic N) is 12. The van der Waals surface area contributed by atoms with Crippen molar-refractivity contribution in [2.45, 2.75) is 162 Å². The Hall–Kier alpha value is -9.62. The molecule has 0 aliphatic carbocycles. The molecule has 0 bridgehead atoms. The van der Waals surface area contributed by atoms with Gasteiger partial charge in [0.25, 0.3) is 0 Å². The van der Waals surface area contributed by atoms with Crippen LogP contribution in [0.15, 0.2) is 72.8 Å². The number of aliphatic hydroxyl groups is 4. The lowest BCUT2D eigenvalue weighted by molar-refractivity contribution is -0.258. The van der Waals surface area contributed by atoms with Crippen LogP contribution in [0.4, 0.5) is 44.0 Å². The molecule has 2 saturated heterocycles. The van der Waals surface area contributed by atoms with Crippen molar-refractivity contribution in [3.05, 3.63) is 137 Å². The number of carboxylic acids is 3. The van der Waals surface area contributed by atoms with Crippen molar-refractivity contribution in [2.24, 2.45) is 16.7 Å². The molecule has 2 fully saturated rings. The first kappa shape index (κ1) is 97.2. The Bertz CT molecular complexity index is 4610. The molecule has 45 heteroatoms. The minimum atomic E-state index is -1.39. The van der Waals surface area contributed by atoms with Crippen molar-refractivity contribution in [2.75, 3.05) is 85.6 Å². The van der Waals surface area contributed by atoms with Gasteiger partial charge in [-0.3, -0.25) is 34.1 Å². The Balaban J connectivity index is 0.000000239. The second-order valence-corrected chi connectivity index (χ2v) is 34.6. The number of nitrogens with one attached hydrogen (secondary N) is 4. The number of nitrogen functional groups attached to an aromatic ring is 2. The average molecular weight is 1760 g/mol. The van der Waals surface area contributed by atoms with Crippen LogP contribution in [0.2, 0.25) is 0 Å². The molecule has 15 N–H and O–H groups in total. The summed E-state index contributed by atoms with van der Waals surface area (Å²) >= 11 is 8.11. The third-order valence-corrected chi connectivity index (χ3v) is 21.9. The number of aliphatic hydroxyl groups excluding tert-OH is 4. The number of carbonyl (C=O) groups excluding carboxylic acids is 4. The number of benzene rings is 3. The number of aryl methyl sites for hydroxylation is 6. The first-order chi connectivity index (χ1) is 55.9. The van der Waals surface area contributed by atoms with Crippen molar-refractivity contribution in [3.8, 4) is 0 Å². The summed E-state index contributed by atoms with van der Waals surface area (Å²) in [7, 11) is 0. The lowest BCUT2D eigenvalue weighted by atomic mass is 9.92. The maximum absolute atomic E-state index is 13.3. The molecule has 9 aromatic rings. The number of anilines is 6. The van der Waals surface area contributed by atoms with Gasteiger partial charge in [-0.25, -0.2) is 18.0 Å². The molecule has 1 atom stereocenters. The van der Waals surface area contributed by atoms with E-state index in [9.17, 15) is 56.9 Å². The summed E-state index contributed by atoms with van der Waals surface area (Å²) in [6.45, 7) is 10.6. The Morgan fingerprint density at radius 2 is 0.788 bits per heavy atom. The van der Waals surface area contributed by atoms with Crippen molar-refractivity contribution < 1.29 is 101 Å². The van der Waals surface area contributed by atoms with Crippen LogP contribution in [-0.2, 0) is 110 Å². The SMILES string of the molecule is CC(CO)(CO)C(=O)Nc1nnc(CCCCc2nnc(NC(=O)Cc3cccc(F)c3)s2)s1.CC(CO)(CO)C(=O)O.CC1(C)COC(C)(C(=O)O)CO1.CC1(C)OCC(C(=O)Nc2nnc(CCCCc3nnc(NC(=O)Cc4cccc(F)c4)s3)s2)CO1.Nc1nnc(CCCCc2nnc(N)s2)s1.O=C(O)Cc1cccc(F)c1. The zero-order valence-electron chi connectivity index (χ0n) is 65.5. The fourth-order valence-corrected chi connectivity index (χ4v) is 13.8. The number of ether oxygens (including phenoxy) is 4. The largest absolute Gasteiger partial charge is 0.481 e. The quantitative estimate of drug-likeness (QED) is 0.0173. The molecule has 6 aromatic heterocycles. The van der Waals surface area contributed by atoms with E-state index in [0.29, 0.717) is 80.1 Å². The first-order valence-electron chi connectivity index (χ1n) is 36.5. The zero-order valence-corrected chi connectivity index (χ0v) is 70.4. The number of aliphatic carboxylic acids is 3. The average Bonchev–Trinajstić information content (AvgIpc) is 1.38. The third kappa shape index (κ3) is 35.1. The molecule has 0 radical (unpaired) electrons. The summed E-state index contributed by atoms with van der Waals surface area (Å²) in [5, 5.41) is 127.